The number of hydrogen-bond donors (Lipinski definition) is 0. The first-order chi connectivity index (χ1) is 12.0. The Morgan fingerprint density at radius 3 is 2.76 bits per heavy atom. The zero-order valence-corrected chi connectivity index (χ0v) is 15.3. The lowest BCUT2D eigenvalue weighted by Crippen LogP contribution is -2.43. The van der Waals surface area contributed by atoms with Crippen molar-refractivity contribution in [2.75, 3.05) is 25.9 Å². The highest BCUT2D eigenvalue weighted by Gasteiger charge is 2.37. The zero-order valence-electron chi connectivity index (χ0n) is 14.5. The van der Waals surface area contributed by atoms with Gasteiger partial charge in [-0.1, -0.05) is 18.2 Å². The van der Waals surface area contributed by atoms with Crippen LogP contribution >= 0.6 is 0 Å². The van der Waals surface area contributed by atoms with Crippen molar-refractivity contribution in [2.45, 2.75) is 25.4 Å². The lowest BCUT2D eigenvalue weighted by molar-refractivity contribution is 0.125. The van der Waals surface area contributed by atoms with Crippen molar-refractivity contribution < 1.29 is 12.8 Å². The molecule has 2 atom stereocenters. The largest absolute Gasteiger partial charge is 0.464 e. The van der Waals surface area contributed by atoms with Crippen LogP contribution in [-0.4, -0.2) is 49.6 Å². The molecule has 1 aromatic carbocycles. The van der Waals surface area contributed by atoms with Crippen LogP contribution in [0.1, 0.15) is 18.4 Å². The van der Waals surface area contributed by atoms with Crippen LogP contribution in [0, 0.1) is 5.92 Å². The van der Waals surface area contributed by atoms with E-state index in [0.717, 1.165) is 37.3 Å². The lowest BCUT2D eigenvalue weighted by atomic mass is 9.94. The van der Waals surface area contributed by atoms with Gasteiger partial charge in [0, 0.05) is 37.8 Å². The topological polar surface area (TPSA) is 53.8 Å². The maximum absolute atomic E-state index is 12.0. The summed E-state index contributed by atoms with van der Waals surface area (Å²) in [6.07, 6.45) is 5.22. The third kappa shape index (κ3) is 3.66. The number of hydrogen-bond acceptors (Lipinski definition) is 4. The summed E-state index contributed by atoms with van der Waals surface area (Å²) in [4.78, 5) is 2.46. The molecule has 6 heteroatoms. The number of furan rings is 1. The van der Waals surface area contributed by atoms with Crippen LogP contribution in [-0.2, 0) is 16.6 Å². The molecule has 0 radical (unpaired) electrons. The van der Waals surface area contributed by atoms with E-state index in [-0.39, 0.29) is 0 Å². The summed E-state index contributed by atoms with van der Waals surface area (Å²) in [5.41, 5.74) is 2.33. The average molecular weight is 360 g/mol. The summed E-state index contributed by atoms with van der Waals surface area (Å²) in [7, 11) is -3.11. The van der Waals surface area contributed by atoms with E-state index < -0.39 is 10.0 Å². The Balaban J connectivity index is 1.53. The minimum absolute atomic E-state index is 0.306. The number of fused-ring (bicyclic) bond motifs is 4. The van der Waals surface area contributed by atoms with E-state index in [1.165, 1.54) is 11.8 Å². The molecule has 3 fully saturated rings. The quantitative estimate of drug-likeness (QED) is 0.841. The van der Waals surface area contributed by atoms with Gasteiger partial charge in [-0.3, -0.25) is 4.90 Å². The third-order valence-electron chi connectivity index (χ3n) is 5.38. The minimum Gasteiger partial charge on any atom is -0.464 e. The van der Waals surface area contributed by atoms with Gasteiger partial charge in [-0.25, -0.2) is 12.7 Å². The Hall–Kier alpha value is -1.63. The van der Waals surface area contributed by atoms with Gasteiger partial charge in [0.25, 0.3) is 0 Å². The molecule has 5 rings (SSSR count). The summed E-state index contributed by atoms with van der Waals surface area (Å²) < 4.78 is 31.2. The molecule has 0 spiro atoms. The monoisotopic (exact) mass is 360 g/mol. The molecule has 0 N–H and O–H groups in total. The van der Waals surface area contributed by atoms with Gasteiger partial charge in [0.15, 0.2) is 0 Å². The van der Waals surface area contributed by atoms with E-state index in [1.54, 1.807) is 10.6 Å². The van der Waals surface area contributed by atoms with Crippen LogP contribution < -0.4 is 0 Å². The van der Waals surface area contributed by atoms with Gasteiger partial charge in [0.2, 0.25) is 10.0 Å². The van der Waals surface area contributed by atoms with Crippen LogP contribution in [0.2, 0.25) is 0 Å². The van der Waals surface area contributed by atoms with Gasteiger partial charge in [-0.2, -0.15) is 0 Å². The van der Waals surface area contributed by atoms with Gasteiger partial charge in [0.05, 0.1) is 12.5 Å². The maximum Gasteiger partial charge on any atom is 0.211 e. The van der Waals surface area contributed by atoms with Crippen molar-refractivity contribution in [2.24, 2.45) is 5.92 Å². The molecular formula is C19H24N2O3S. The number of benzene rings is 1. The standard InChI is InChI=1S/C19H24N2O3S/c1-25(22,23)21-13-16-7-8-18(14-21)20(12-16)11-15-4-2-5-17(10-15)19-6-3-9-24-19/h2-6,9-10,16,18H,7-8,11-14H2,1H3/t16-,18-/m1/s1. The third-order valence-corrected chi connectivity index (χ3v) is 6.62. The highest BCUT2D eigenvalue weighted by molar-refractivity contribution is 7.88. The van der Waals surface area contributed by atoms with Crippen LogP contribution in [0.5, 0.6) is 0 Å². The van der Waals surface area contributed by atoms with Crippen LogP contribution in [0.3, 0.4) is 0 Å². The van der Waals surface area contributed by atoms with E-state index in [2.05, 4.69) is 29.2 Å². The summed E-state index contributed by atoms with van der Waals surface area (Å²) in [5, 5.41) is 0. The minimum atomic E-state index is -3.11. The predicted octanol–water partition coefficient (Wildman–Crippen LogP) is 2.80. The molecule has 2 aromatic rings. The average Bonchev–Trinajstić information content (AvgIpc) is 2.95. The molecule has 134 valence electrons. The van der Waals surface area contributed by atoms with E-state index in [0.29, 0.717) is 25.0 Å². The fourth-order valence-corrected chi connectivity index (χ4v) is 5.03. The van der Waals surface area contributed by atoms with Crippen LogP contribution in [0.4, 0.5) is 0 Å². The van der Waals surface area contributed by atoms with E-state index in [4.69, 9.17) is 4.42 Å². The van der Waals surface area contributed by atoms with Crippen molar-refractivity contribution in [3.05, 3.63) is 48.2 Å². The van der Waals surface area contributed by atoms with Crippen molar-refractivity contribution in [3.63, 3.8) is 0 Å². The fourth-order valence-electron chi connectivity index (χ4n) is 4.10. The summed E-state index contributed by atoms with van der Waals surface area (Å²) in [6.45, 7) is 3.11. The molecule has 3 aliphatic heterocycles. The maximum atomic E-state index is 12.0. The predicted molar refractivity (Wildman–Crippen MR) is 97.5 cm³/mol. The zero-order chi connectivity index (χ0) is 17.4. The molecular weight excluding hydrogens is 336 g/mol. The van der Waals surface area contributed by atoms with Gasteiger partial charge in [0.1, 0.15) is 5.76 Å². The molecule has 0 unspecified atom stereocenters. The lowest BCUT2D eigenvalue weighted by Gasteiger charge is -2.36. The van der Waals surface area contributed by atoms with E-state index in [1.807, 2.05) is 12.1 Å². The second kappa shape index (κ2) is 6.59. The summed E-state index contributed by atoms with van der Waals surface area (Å²) >= 11 is 0. The molecule has 0 amide bonds. The summed E-state index contributed by atoms with van der Waals surface area (Å²) in [6, 6.07) is 12.6. The number of piperidine rings is 1. The molecule has 25 heavy (non-hydrogen) atoms. The molecule has 3 aliphatic rings. The van der Waals surface area contributed by atoms with E-state index >= 15 is 0 Å². The normalized spacial score (nSPS) is 25.2. The number of rotatable bonds is 4. The number of sulfonamides is 1. The molecule has 0 saturated carbocycles. The van der Waals surface area contributed by atoms with Gasteiger partial charge in [-0.15, -0.1) is 0 Å². The van der Waals surface area contributed by atoms with Crippen molar-refractivity contribution in [1.29, 1.82) is 0 Å². The second-order valence-electron chi connectivity index (χ2n) is 7.28. The van der Waals surface area contributed by atoms with E-state index in [9.17, 15) is 8.42 Å². The first-order valence-corrected chi connectivity index (χ1v) is 10.7. The van der Waals surface area contributed by atoms with Gasteiger partial charge >= 0.3 is 0 Å². The van der Waals surface area contributed by atoms with Crippen LogP contribution in [0.25, 0.3) is 11.3 Å². The highest BCUT2D eigenvalue weighted by atomic mass is 32.2. The Bertz CT molecular complexity index is 832. The second-order valence-corrected chi connectivity index (χ2v) is 9.27. The summed E-state index contributed by atoms with van der Waals surface area (Å²) in [5.74, 6) is 1.31. The SMILES string of the molecule is CS(=O)(=O)N1C[C@@H]2CC[C@H](C1)N(Cc1cccc(-c3ccco3)c1)C2. The van der Waals surface area contributed by atoms with Crippen LogP contribution in [0.15, 0.2) is 47.1 Å². The van der Waals surface area contributed by atoms with Gasteiger partial charge < -0.3 is 4.42 Å². The Kier molecular flexibility index (Phi) is 4.43. The molecule has 3 saturated heterocycles. The van der Waals surface area contributed by atoms with Crippen molar-refractivity contribution >= 4 is 10.0 Å². The first kappa shape index (κ1) is 16.8. The molecule has 2 bridgehead atoms. The Morgan fingerprint density at radius 2 is 2.00 bits per heavy atom. The Labute approximate surface area is 149 Å². The molecule has 5 nitrogen and oxygen atoms in total. The van der Waals surface area contributed by atoms with Crippen molar-refractivity contribution in [1.82, 2.24) is 9.21 Å². The fraction of sp³-hybridized carbons (Fsp3) is 0.474. The highest BCUT2D eigenvalue weighted by Crippen LogP contribution is 2.31. The Morgan fingerprint density at radius 1 is 1.12 bits per heavy atom. The molecule has 4 heterocycles. The van der Waals surface area contributed by atoms with Gasteiger partial charge in [-0.05, 0) is 42.5 Å². The molecule has 0 aliphatic carbocycles. The van der Waals surface area contributed by atoms with Crippen molar-refractivity contribution in [3.8, 4) is 11.3 Å². The number of nitrogens with zero attached hydrogens (tertiary/aromatic N) is 2. The molecule has 1 aromatic heterocycles. The first-order valence-electron chi connectivity index (χ1n) is 8.81. The smallest absolute Gasteiger partial charge is 0.211 e.